The first-order valence-corrected chi connectivity index (χ1v) is 9.35. The molecule has 1 aromatic carbocycles. The SMILES string of the molecule is CC(=O)c1ccccc1NC(=O)[C@H](C)OC(=O)C[C@@H]1C(=O)C[C@@H](C)[C@H]1C[N+](=O)[O-]. The van der Waals surface area contributed by atoms with Gasteiger partial charge in [0.25, 0.3) is 5.91 Å². The van der Waals surface area contributed by atoms with E-state index in [1.54, 1.807) is 31.2 Å². The Balaban J connectivity index is 1.98. The summed E-state index contributed by atoms with van der Waals surface area (Å²) >= 11 is 0. The van der Waals surface area contributed by atoms with Gasteiger partial charge in [0, 0.05) is 28.7 Å². The average molecular weight is 404 g/mol. The van der Waals surface area contributed by atoms with Gasteiger partial charge in [0.1, 0.15) is 5.78 Å². The highest BCUT2D eigenvalue weighted by Crippen LogP contribution is 2.36. The molecule has 1 fully saturated rings. The number of rotatable bonds is 8. The highest BCUT2D eigenvalue weighted by atomic mass is 16.6. The molecule has 0 aromatic heterocycles. The fraction of sp³-hybridized carbons (Fsp3) is 0.500. The zero-order chi connectivity index (χ0) is 21.7. The third kappa shape index (κ3) is 5.69. The van der Waals surface area contributed by atoms with Gasteiger partial charge in [-0.25, -0.2) is 0 Å². The molecule has 0 aliphatic heterocycles. The molecule has 0 radical (unpaired) electrons. The Kier molecular flexibility index (Phi) is 7.19. The van der Waals surface area contributed by atoms with Crippen LogP contribution in [0.2, 0.25) is 0 Å². The Morgan fingerprint density at radius 2 is 1.97 bits per heavy atom. The average Bonchev–Trinajstić information content (AvgIpc) is 2.88. The van der Waals surface area contributed by atoms with Crippen LogP contribution in [-0.4, -0.2) is 41.0 Å². The summed E-state index contributed by atoms with van der Waals surface area (Å²) < 4.78 is 5.13. The minimum atomic E-state index is -1.16. The lowest BCUT2D eigenvalue weighted by Gasteiger charge is -2.19. The molecule has 156 valence electrons. The van der Waals surface area contributed by atoms with Crippen LogP contribution in [0.15, 0.2) is 24.3 Å². The number of amides is 1. The van der Waals surface area contributed by atoms with Crippen LogP contribution in [0, 0.1) is 27.9 Å². The van der Waals surface area contributed by atoms with E-state index < -0.39 is 34.7 Å². The van der Waals surface area contributed by atoms with Crippen LogP contribution < -0.4 is 5.32 Å². The summed E-state index contributed by atoms with van der Waals surface area (Å²) in [6, 6.07) is 6.44. The second-order valence-corrected chi connectivity index (χ2v) is 7.36. The van der Waals surface area contributed by atoms with Crippen molar-refractivity contribution in [2.75, 3.05) is 11.9 Å². The summed E-state index contributed by atoms with van der Waals surface area (Å²) in [5, 5.41) is 13.4. The Bertz CT molecular complexity index is 836. The monoisotopic (exact) mass is 404 g/mol. The number of ether oxygens (including phenoxy) is 1. The number of hydrogen-bond acceptors (Lipinski definition) is 7. The van der Waals surface area contributed by atoms with Gasteiger partial charge in [-0.1, -0.05) is 19.1 Å². The molecule has 9 heteroatoms. The van der Waals surface area contributed by atoms with Gasteiger partial charge < -0.3 is 10.1 Å². The zero-order valence-electron chi connectivity index (χ0n) is 16.5. The Labute approximate surface area is 167 Å². The number of nitrogens with zero attached hydrogens (tertiary/aromatic N) is 1. The van der Waals surface area contributed by atoms with Gasteiger partial charge in [-0.3, -0.25) is 29.3 Å². The standard InChI is InChI=1S/C20H24N2O7/c1-11-8-18(24)15(16(11)10-22(27)28)9-19(25)29-13(3)20(26)21-17-7-5-4-6-14(17)12(2)23/h4-7,11,13,15-16H,8-10H2,1-3H3,(H,21,26)/t11-,13+,15+,16-/m1/s1. The number of ketones is 2. The van der Waals surface area contributed by atoms with Crippen LogP contribution in [0.1, 0.15) is 44.0 Å². The molecular formula is C20H24N2O7. The van der Waals surface area contributed by atoms with Crippen molar-refractivity contribution < 1.29 is 28.8 Å². The highest BCUT2D eigenvalue weighted by Gasteiger charge is 2.44. The number of nitro groups is 1. The summed E-state index contributed by atoms with van der Waals surface area (Å²) in [6.07, 6.45) is -1.28. The van der Waals surface area contributed by atoms with Crippen LogP contribution in [-0.2, 0) is 19.1 Å². The van der Waals surface area contributed by atoms with Crippen molar-refractivity contribution in [3.8, 4) is 0 Å². The van der Waals surface area contributed by atoms with E-state index in [2.05, 4.69) is 5.32 Å². The lowest BCUT2D eigenvalue weighted by molar-refractivity contribution is -0.490. The molecule has 1 aliphatic rings. The largest absolute Gasteiger partial charge is 0.453 e. The molecule has 0 saturated heterocycles. The Morgan fingerprint density at radius 1 is 1.31 bits per heavy atom. The van der Waals surface area contributed by atoms with Gasteiger partial charge in [-0.15, -0.1) is 0 Å². The molecule has 29 heavy (non-hydrogen) atoms. The van der Waals surface area contributed by atoms with E-state index in [1.807, 2.05) is 0 Å². The minimum absolute atomic E-state index is 0.186. The second-order valence-electron chi connectivity index (χ2n) is 7.36. The van der Waals surface area contributed by atoms with Crippen molar-refractivity contribution in [1.29, 1.82) is 0 Å². The van der Waals surface area contributed by atoms with Crippen LogP contribution >= 0.6 is 0 Å². The number of anilines is 1. The molecular weight excluding hydrogens is 380 g/mol. The molecule has 2 rings (SSSR count). The highest BCUT2D eigenvalue weighted by molar-refractivity contribution is 6.04. The van der Waals surface area contributed by atoms with Gasteiger partial charge in [0.15, 0.2) is 11.9 Å². The van der Waals surface area contributed by atoms with Gasteiger partial charge in [0.05, 0.1) is 12.1 Å². The number of Topliss-reactive ketones (excluding diaryl/α,β-unsaturated/α-hetero) is 2. The first kappa shape index (κ1) is 22.2. The fourth-order valence-electron chi connectivity index (χ4n) is 3.61. The molecule has 0 bridgehead atoms. The summed E-state index contributed by atoms with van der Waals surface area (Å²) in [7, 11) is 0. The van der Waals surface area contributed by atoms with Crippen molar-refractivity contribution in [3.05, 3.63) is 39.9 Å². The smallest absolute Gasteiger partial charge is 0.307 e. The van der Waals surface area contributed by atoms with E-state index in [0.717, 1.165) is 0 Å². The molecule has 1 aromatic rings. The Hall–Kier alpha value is -3.10. The maximum atomic E-state index is 12.3. The fourth-order valence-corrected chi connectivity index (χ4v) is 3.61. The summed E-state index contributed by atoms with van der Waals surface area (Å²) in [6.45, 7) is 4.11. The molecule has 1 aliphatic carbocycles. The van der Waals surface area contributed by atoms with Crippen molar-refractivity contribution in [3.63, 3.8) is 0 Å². The van der Waals surface area contributed by atoms with E-state index in [9.17, 15) is 29.3 Å². The van der Waals surface area contributed by atoms with Crippen molar-refractivity contribution >= 4 is 29.1 Å². The number of para-hydroxylation sites is 1. The number of esters is 1. The molecule has 4 atom stereocenters. The number of benzene rings is 1. The van der Waals surface area contributed by atoms with E-state index in [4.69, 9.17) is 4.74 Å². The predicted octanol–water partition coefficient (Wildman–Crippen LogP) is 2.27. The molecule has 0 heterocycles. The first-order valence-electron chi connectivity index (χ1n) is 9.35. The number of carbonyl (C=O) groups excluding carboxylic acids is 4. The predicted molar refractivity (Wildman–Crippen MR) is 103 cm³/mol. The van der Waals surface area contributed by atoms with Crippen molar-refractivity contribution in [1.82, 2.24) is 0 Å². The minimum Gasteiger partial charge on any atom is -0.453 e. The van der Waals surface area contributed by atoms with Crippen LogP contribution in [0.25, 0.3) is 0 Å². The number of nitrogens with one attached hydrogen (secondary N) is 1. The Morgan fingerprint density at radius 3 is 2.59 bits per heavy atom. The van der Waals surface area contributed by atoms with E-state index in [0.29, 0.717) is 11.3 Å². The number of hydrogen-bond donors (Lipinski definition) is 1. The third-order valence-corrected chi connectivity index (χ3v) is 5.17. The van der Waals surface area contributed by atoms with E-state index in [1.165, 1.54) is 13.8 Å². The lowest BCUT2D eigenvalue weighted by atomic mass is 9.88. The van der Waals surface area contributed by atoms with E-state index >= 15 is 0 Å². The van der Waals surface area contributed by atoms with E-state index in [-0.39, 0.29) is 36.9 Å². The molecule has 1 N–H and O–H groups in total. The summed E-state index contributed by atoms with van der Waals surface area (Å²) in [5.74, 6) is -3.32. The molecule has 1 amide bonds. The molecule has 0 unspecified atom stereocenters. The maximum absolute atomic E-state index is 12.3. The summed E-state index contributed by atoms with van der Waals surface area (Å²) in [4.78, 5) is 58.7. The molecule has 0 spiro atoms. The van der Waals surface area contributed by atoms with Crippen LogP contribution in [0.4, 0.5) is 5.69 Å². The van der Waals surface area contributed by atoms with Gasteiger partial charge in [-0.2, -0.15) is 0 Å². The molecule has 9 nitrogen and oxygen atoms in total. The third-order valence-electron chi connectivity index (χ3n) is 5.17. The molecule has 1 saturated carbocycles. The first-order chi connectivity index (χ1) is 13.6. The second kappa shape index (κ2) is 9.40. The topological polar surface area (TPSA) is 133 Å². The van der Waals surface area contributed by atoms with Crippen LogP contribution in [0.3, 0.4) is 0 Å². The van der Waals surface area contributed by atoms with Crippen LogP contribution in [0.5, 0.6) is 0 Å². The van der Waals surface area contributed by atoms with Gasteiger partial charge in [0.2, 0.25) is 6.54 Å². The van der Waals surface area contributed by atoms with Crippen molar-refractivity contribution in [2.45, 2.75) is 39.7 Å². The number of carbonyl (C=O) groups is 4. The quantitative estimate of drug-likeness (QED) is 0.304. The summed E-state index contributed by atoms with van der Waals surface area (Å²) in [5.41, 5.74) is 0.631. The normalized spacial score (nSPS) is 22.0. The van der Waals surface area contributed by atoms with Crippen molar-refractivity contribution in [2.24, 2.45) is 17.8 Å². The lowest BCUT2D eigenvalue weighted by Crippen LogP contribution is -2.33. The maximum Gasteiger partial charge on any atom is 0.307 e. The van der Waals surface area contributed by atoms with Gasteiger partial charge in [-0.05, 0) is 31.9 Å². The zero-order valence-corrected chi connectivity index (χ0v) is 16.5. The van der Waals surface area contributed by atoms with Gasteiger partial charge >= 0.3 is 5.97 Å².